The maximum atomic E-state index is 12.3. The summed E-state index contributed by atoms with van der Waals surface area (Å²) in [7, 11) is 0. The minimum atomic E-state index is -0.429. The summed E-state index contributed by atoms with van der Waals surface area (Å²) in [4.78, 5) is 41.1. The molecular formula is C15H15N3O4S. The molecule has 1 unspecified atom stereocenters. The van der Waals surface area contributed by atoms with Gasteiger partial charge >= 0.3 is 0 Å². The third-order valence-corrected chi connectivity index (χ3v) is 4.36. The van der Waals surface area contributed by atoms with Crippen LogP contribution < -0.4 is 5.32 Å². The number of carbonyl (C=O) groups is 3. The van der Waals surface area contributed by atoms with Gasteiger partial charge in [-0.3, -0.25) is 14.4 Å². The fourth-order valence-electron chi connectivity index (χ4n) is 2.39. The Balaban J connectivity index is 1.59. The third-order valence-electron chi connectivity index (χ3n) is 3.61. The van der Waals surface area contributed by atoms with E-state index in [-0.39, 0.29) is 24.0 Å². The van der Waals surface area contributed by atoms with Crippen LogP contribution in [0.3, 0.4) is 0 Å². The summed E-state index contributed by atoms with van der Waals surface area (Å²) in [5, 5.41) is 4.64. The van der Waals surface area contributed by atoms with Crippen LogP contribution in [0.25, 0.3) is 0 Å². The molecule has 3 rings (SSSR count). The Morgan fingerprint density at radius 2 is 2.35 bits per heavy atom. The van der Waals surface area contributed by atoms with E-state index in [9.17, 15) is 14.4 Å². The molecule has 0 bridgehead atoms. The fourth-order valence-corrected chi connectivity index (χ4v) is 3.14. The second-order valence-corrected chi connectivity index (χ2v) is 6.20. The van der Waals surface area contributed by atoms with Gasteiger partial charge in [-0.1, -0.05) is 0 Å². The summed E-state index contributed by atoms with van der Waals surface area (Å²) in [5.41, 5.74) is 0.326. The lowest BCUT2D eigenvalue weighted by Crippen LogP contribution is -2.27. The van der Waals surface area contributed by atoms with Gasteiger partial charge in [0.05, 0.1) is 18.7 Å². The molecule has 1 atom stereocenters. The second-order valence-electron chi connectivity index (χ2n) is 5.34. The summed E-state index contributed by atoms with van der Waals surface area (Å²) >= 11 is 1.19. The normalized spacial score (nSPS) is 17.5. The van der Waals surface area contributed by atoms with Gasteiger partial charge in [0, 0.05) is 25.3 Å². The average molecular weight is 333 g/mol. The molecule has 3 heterocycles. The van der Waals surface area contributed by atoms with Crippen LogP contribution >= 0.6 is 11.3 Å². The lowest BCUT2D eigenvalue weighted by Gasteiger charge is -2.14. The highest BCUT2D eigenvalue weighted by Crippen LogP contribution is 2.23. The number of aromatic nitrogens is 1. The number of Topliss-reactive ketones (excluding diaryl/α,β-unsaturated/α-hetero) is 1. The maximum absolute atomic E-state index is 12.3. The number of carbonyl (C=O) groups excluding carboxylic acids is 3. The van der Waals surface area contributed by atoms with Crippen LogP contribution in [0.2, 0.25) is 0 Å². The highest BCUT2D eigenvalue weighted by Gasteiger charge is 2.35. The number of amides is 2. The average Bonchev–Trinajstić information content (AvgIpc) is 3.21. The van der Waals surface area contributed by atoms with Crippen molar-refractivity contribution in [3.63, 3.8) is 0 Å². The minimum Gasteiger partial charge on any atom is -0.467 e. The van der Waals surface area contributed by atoms with E-state index in [0.29, 0.717) is 29.7 Å². The van der Waals surface area contributed by atoms with Gasteiger partial charge in [-0.25, -0.2) is 4.98 Å². The fraction of sp³-hybridized carbons (Fsp3) is 0.333. The number of anilines is 1. The number of hydrogen-bond acceptors (Lipinski definition) is 6. The van der Waals surface area contributed by atoms with Crippen molar-refractivity contribution in [3.8, 4) is 0 Å². The zero-order chi connectivity index (χ0) is 16.4. The number of thiazole rings is 1. The van der Waals surface area contributed by atoms with Gasteiger partial charge in [0.25, 0.3) is 0 Å². The Labute approximate surface area is 136 Å². The molecule has 2 aromatic rings. The summed E-state index contributed by atoms with van der Waals surface area (Å²) in [6, 6.07) is 3.55. The molecule has 2 amide bonds. The molecule has 2 aromatic heterocycles. The molecule has 0 aliphatic carbocycles. The molecule has 0 saturated carbocycles. The number of ketones is 1. The van der Waals surface area contributed by atoms with E-state index in [1.165, 1.54) is 18.3 Å². The summed E-state index contributed by atoms with van der Waals surface area (Å²) in [6.07, 6.45) is 1.71. The SMILES string of the molecule is CC(=O)c1csc(NC(=O)C2CC(=O)N(Cc3ccco3)C2)n1. The molecule has 1 N–H and O–H groups in total. The van der Waals surface area contributed by atoms with Gasteiger partial charge in [0.2, 0.25) is 11.8 Å². The van der Waals surface area contributed by atoms with Gasteiger partial charge in [-0.05, 0) is 12.1 Å². The first kappa shape index (κ1) is 15.4. The van der Waals surface area contributed by atoms with Crippen LogP contribution in [0, 0.1) is 5.92 Å². The first-order chi connectivity index (χ1) is 11.0. The zero-order valence-corrected chi connectivity index (χ0v) is 13.3. The summed E-state index contributed by atoms with van der Waals surface area (Å²) < 4.78 is 5.23. The van der Waals surface area contributed by atoms with Crippen molar-refractivity contribution in [3.05, 3.63) is 35.2 Å². The number of furan rings is 1. The van der Waals surface area contributed by atoms with Gasteiger partial charge in [0.15, 0.2) is 10.9 Å². The molecular weight excluding hydrogens is 318 g/mol. The molecule has 0 spiro atoms. The number of rotatable bonds is 5. The van der Waals surface area contributed by atoms with Crippen LogP contribution in [0.4, 0.5) is 5.13 Å². The van der Waals surface area contributed by atoms with Crippen molar-refractivity contribution < 1.29 is 18.8 Å². The van der Waals surface area contributed by atoms with E-state index < -0.39 is 5.92 Å². The highest BCUT2D eigenvalue weighted by atomic mass is 32.1. The molecule has 7 nitrogen and oxygen atoms in total. The van der Waals surface area contributed by atoms with E-state index >= 15 is 0 Å². The molecule has 8 heteroatoms. The molecule has 120 valence electrons. The number of nitrogens with one attached hydrogen (secondary N) is 1. The first-order valence-corrected chi connectivity index (χ1v) is 7.98. The Hall–Kier alpha value is -2.48. The van der Waals surface area contributed by atoms with Crippen LogP contribution in [-0.4, -0.2) is 34.0 Å². The monoisotopic (exact) mass is 333 g/mol. The Kier molecular flexibility index (Phi) is 4.24. The highest BCUT2D eigenvalue weighted by molar-refractivity contribution is 7.14. The van der Waals surface area contributed by atoms with Crippen LogP contribution in [0.15, 0.2) is 28.2 Å². The standard InChI is InChI=1S/C15H15N3O4S/c1-9(19)12-8-23-15(16-12)17-14(21)10-5-13(20)18(6-10)7-11-3-2-4-22-11/h2-4,8,10H,5-7H2,1H3,(H,16,17,21). The van der Waals surface area contributed by atoms with Crippen molar-refractivity contribution in [2.24, 2.45) is 5.92 Å². The molecule has 1 aliphatic rings. The topological polar surface area (TPSA) is 92.5 Å². The van der Waals surface area contributed by atoms with Gasteiger partial charge in [0.1, 0.15) is 11.5 Å². The van der Waals surface area contributed by atoms with Crippen LogP contribution in [0.5, 0.6) is 0 Å². The predicted octanol–water partition coefficient (Wildman–Crippen LogP) is 1.93. The van der Waals surface area contributed by atoms with Gasteiger partial charge in [-0.15, -0.1) is 11.3 Å². The van der Waals surface area contributed by atoms with Crippen LogP contribution in [0.1, 0.15) is 29.6 Å². The lowest BCUT2D eigenvalue weighted by atomic mass is 10.1. The quantitative estimate of drug-likeness (QED) is 0.844. The van der Waals surface area contributed by atoms with Crippen LogP contribution in [-0.2, 0) is 16.1 Å². The Bertz CT molecular complexity index is 738. The van der Waals surface area contributed by atoms with E-state index in [1.807, 2.05) is 0 Å². The van der Waals surface area contributed by atoms with Crippen molar-refractivity contribution in [1.29, 1.82) is 0 Å². The number of nitrogens with zero attached hydrogens (tertiary/aromatic N) is 2. The largest absolute Gasteiger partial charge is 0.467 e. The Morgan fingerprint density at radius 3 is 3.00 bits per heavy atom. The van der Waals surface area contributed by atoms with Gasteiger partial charge < -0.3 is 14.6 Å². The molecule has 0 radical (unpaired) electrons. The van der Waals surface area contributed by atoms with Crippen molar-refractivity contribution in [2.45, 2.75) is 19.9 Å². The van der Waals surface area contributed by atoms with E-state index in [4.69, 9.17) is 4.42 Å². The Morgan fingerprint density at radius 1 is 1.52 bits per heavy atom. The van der Waals surface area contributed by atoms with E-state index in [0.717, 1.165) is 0 Å². The third kappa shape index (κ3) is 3.48. The molecule has 0 aromatic carbocycles. The maximum Gasteiger partial charge on any atom is 0.231 e. The van der Waals surface area contributed by atoms with Gasteiger partial charge in [-0.2, -0.15) is 0 Å². The first-order valence-electron chi connectivity index (χ1n) is 7.10. The van der Waals surface area contributed by atoms with E-state index in [1.54, 1.807) is 28.7 Å². The lowest BCUT2D eigenvalue weighted by molar-refractivity contribution is -0.128. The number of hydrogen-bond donors (Lipinski definition) is 1. The molecule has 1 saturated heterocycles. The number of likely N-dealkylation sites (tertiary alicyclic amines) is 1. The molecule has 1 aliphatic heterocycles. The smallest absolute Gasteiger partial charge is 0.231 e. The molecule has 23 heavy (non-hydrogen) atoms. The second kappa shape index (κ2) is 6.33. The van der Waals surface area contributed by atoms with E-state index in [2.05, 4.69) is 10.3 Å². The van der Waals surface area contributed by atoms with Crippen molar-refractivity contribution in [1.82, 2.24) is 9.88 Å². The van der Waals surface area contributed by atoms with Crippen molar-refractivity contribution in [2.75, 3.05) is 11.9 Å². The summed E-state index contributed by atoms with van der Waals surface area (Å²) in [6.45, 7) is 2.13. The summed E-state index contributed by atoms with van der Waals surface area (Å²) in [5.74, 6) is -0.232. The molecule has 1 fully saturated rings. The van der Waals surface area contributed by atoms with Crippen molar-refractivity contribution >= 4 is 34.1 Å². The zero-order valence-electron chi connectivity index (χ0n) is 12.4. The minimum absolute atomic E-state index is 0.0786. The predicted molar refractivity (Wildman–Crippen MR) is 83.0 cm³/mol.